The molecule has 1 heterocycles. The standard InChI is InChI=1S/C17H24N2/c1-2-3-6-15-7-9-16(10-8-15)17(13-18)14-19-11-4-5-12-19/h7-10,17H,2-6,11-12,14H2,1H3. The van der Waals surface area contributed by atoms with Gasteiger partial charge in [-0.2, -0.15) is 5.26 Å². The third kappa shape index (κ3) is 4.08. The van der Waals surface area contributed by atoms with Crippen molar-refractivity contribution in [3.05, 3.63) is 35.4 Å². The molecule has 0 saturated carbocycles. The molecule has 1 unspecified atom stereocenters. The average molecular weight is 256 g/mol. The third-order valence-electron chi connectivity index (χ3n) is 4.00. The van der Waals surface area contributed by atoms with Gasteiger partial charge in [-0.25, -0.2) is 0 Å². The van der Waals surface area contributed by atoms with Gasteiger partial charge in [0.2, 0.25) is 0 Å². The lowest BCUT2D eigenvalue weighted by molar-refractivity contribution is 0.332. The van der Waals surface area contributed by atoms with E-state index in [2.05, 4.69) is 42.2 Å². The lowest BCUT2D eigenvalue weighted by atomic mass is 9.97. The van der Waals surface area contributed by atoms with Gasteiger partial charge >= 0.3 is 0 Å². The van der Waals surface area contributed by atoms with Crippen molar-refractivity contribution in [2.75, 3.05) is 19.6 Å². The largest absolute Gasteiger partial charge is 0.302 e. The van der Waals surface area contributed by atoms with E-state index in [-0.39, 0.29) is 5.92 Å². The Hall–Kier alpha value is -1.33. The number of nitrogens with zero attached hydrogens (tertiary/aromatic N) is 2. The van der Waals surface area contributed by atoms with Crippen LogP contribution in [0, 0.1) is 11.3 Å². The molecule has 0 aliphatic carbocycles. The van der Waals surface area contributed by atoms with Gasteiger partial charge in [0.25, 0.3) is 0 Å². The second-order valence-electron chi connectivity index (χ2n) is 5.53. The van der Waals surface area contributed by atoms with Crippen LogP contribution < -0.4 is 0 Å². The lowest BCUT2D eigenvalue weighted by Gasteiger charge is -2.18. The minimum Gasteiger partial charge on any atom is -0.302 e. The molecular weight excluding hydrogens is 232 g/mol. The summed E-state index contributed by atoms with van der Waals surface area (Å²) in [6, 6.07) is 11.1. The summed E-state index contributed by atoms with van der Waals surface area (Å²) in [6.45, 7) is 5.43. The average Bonchev–Trinajstić information content (AvgIpc) is 2.96. The van der Waals surface area contributed by atoms with Gasteiger partial charge in [0, 0.05) is 6.54 Å². The predicted molar refractivity (Wildman–Crippen MR) is 79.1 cm³/mol. The molecule has 1 fully saturated rings. The van der Waals surface area contributed by atoms with E-state index in [9.17, 15) is 5.26 Å². The summed E-state index contributed by atoms with van der Waals surface area (Å²) < 4.78 is 0. The van der Waals surface area contributed by atoms with Crippen LogP contribution in [0.15, 0.2) is 24.3 Å². The van der Waals surface area contributed by atoms with E-state index < -0.39 is 0 Å². The van der Waals surface area contributed by atoms with Crippen molar-refractivity contribution >= 4 is 0 Å². The molecule has 1 aromatic rings. The van der Waals surface area contributed by atoms with Crippen molar-refractivity contribution in [3.8, 4) is 6.07 Å². The summed E-state index contributed by atoms with van der Waals surface area (Å²) in [5.74, 6) is 0.0262. The maximum atomic E-state index is 9.37. The molecule has 102 valence electrons. The minimum atomic E-state index is 0.0262. The van der Waals surface area contributed by atoms with Crippen molar-refractivity contribution in [1.29, 1.82) is 5.26 Å². The fourth-order valence-corrected chi connectivity index (χ4v) is 2.74. The Bertz CT molecular complexity index is 410. The molecule has 19 heavy (non-hydrogen) atoms. The first-order valence-corrected chi connectivity index (χ1v) is 7.54. The monoisotopic (exact) mass is 256 g/mol. The number of unbranched alkanes of at least 4 members (excludes halogenated alkanes) is 1. The zero-order chi connectivity index (χ0) is 13.5. The van der Waals surface area contributed by atoms with E-state index in [1.165, 1.54) is 36.8 Å². The Morgan fingerprint density at radius 1 is 1.21 bits per heavy atom. The van der Waals surface area contributed by atoms with Gasteiger partial charge in [-0.1, -0.05) is 37.6 Å². The number of nitriles is 1. The quantitative estimate of drug-likeness (QED) is 0.775. The summed E-state index contributed by atoms with van der Waals surface area (Å²) in [4.78, 5) is 2.42. The topological polar surface area (TPSA) is 27.0 Å². The number of hydrogen-bond acceptors (Lipinski definition) is 2. The molecule has 1 aliphatic heterocycles. The van der Waals surface area contributed by atoms with Gasteiger partial charge in [-0.05, 0) is 49.9 Å². The van der Waals surface area contributed by atoms with Crippen LogP contribution in [0.4, 0.5) is 0 Å². The van der Waals surface area contributed by atoms with Gasteiger partial charge in [0.15, 0.2) is 0 Å². The van der Waals surface area contributed by atoms with Crippen LogP contribution in [0.25, 0.3) is 0 Å². The van der Waals surface area contributed by atoms with Gasteiger partial charge in [0.05, 0.1) is 12.0 Å². The van der Waals surface area contributed by atoms with E-state index in [1.54, 1.807) is 0 Å². The van der Waals surface area contributed by atoms with Crippen LogP contribution in [-0.2, 0) is 6.42 Å². The number of benzene rings is 1. The molecule has 1 aliphatic rings. The zero-order valence-corrected chi connectivity index (χ0v) is 11.9. The summed E-state index contributed by atoms with van der Waals surface area (Å²) >= 11 is 0. The summed E-state index contributed by atoms with van der Waals surface area (Å²) in [5, 5.41) is 9.37. The molecule has 1 aromatic carbocycles. The minimum absolute atomic E-state index is 0.0262. The highest BCUT2D eigenvalue weighted by atomic mass is 15.1. The van der Waals surface area contributed by atoms with Crippen LogP contribution >= 0.6 is 0 Å². The molecule has 2 nitrogen and oxygen atoms in total. The molecule has 0 N–H and O–H groups in total. The van der Waals surface area contributed by atoms with Crippen LogP contribution in [0.2, 0.25) is 0 Å². The Morgan fingerprint density at radius 3 is 2.47 bits per heavy atom. The molecule has 2 heteroatoms. The van der Waals surface area contributed by atoms with Gasteiger partial charge < -0.3 is 4.90 Å². The third-order valence-corrected chi connectivity index (χ3v) is 4.00. The van der Waals surface area contributed by atoms with Crippen LogP contribution in [-0.4, -0.2) is 24.5 Å². The van der Waals surface area contributed by atoms with Crippen molar-refractivity contribution in [2.45, 2.75) is 44.9 Å². The van der Waals surface area contributed by atoms with Crippen molar-refractivity contribution in [1.82, 2.24) is 4.90 Å². The number of hydrogen-bond donors (Lipinski definition) is 0. The normalized spacial score (nSPS) is 17.3. The van der Waals surface area contributed by atoms with Crippen LogP contribution in [0.1, 0.15) is 49.7 Å². The molecule has 0 radical (unpaired) electrons. The van der Waals surface area contributed by atoms with Crippen LogP contribution in [0.3, 0.4) is 0 Å². The molecular formula is C17H24N2. The smallest absolute Gasteiger partial charge is 0.0839 e. The number of likely N-dealkylation sites (tertiary alicyclic amines) is 1. The van der Waals surface area contributed by atoms with Crippen molar-refractivity contribution in [3.63, 3.8) is 0 Å². The van der Waals surface area contributed by atoms with Crippen LogP contribution in [0.5, 0.6) is 0 Å². The van der Waals surface area contributed by atoms with E-state index in [0.29, 0.717) is 0 Å². The SMILES string of the molecule is CCCCc1ccc(C(C#N)CN2CCCC2)cc1. The van der Waals surface area contributed by atoms with E-state index in [4.69, 9.17) is 0 Å². The zero-order valence-electron chi connectivity index (χ0n) is 11.9. The first-order valence-electron chi connectivity index (χ1n) is 7.54. The lowest BCUT2D eigenvalue weighted by Crippen LogP contribution is -2.24. The first kappa shape index (κ1) is 14.1. The maximum Gasteiger partial charge on any atom is 0.0839 e. The Kier molecular flexibility index (Phi) is 5.42. The summed E-state index contributed by atoms with van der Waals surface area (Å²) in [6.07, 6.45) is 6.20. The number of aryl methyl sites for hydroxylation is 1. The van der Waals surface area contributed by atoms with Gasteiger partial charge in [-0.3, -0.25) is 0 Å². The highest BCUT2D eigenvalue weighted by Gasteiger charge is 2.18. The van der Waals surface area contributed by atoms with Gasteiger partial charge in [-0.15, -0.1) is 0 Å². The molecule has 0 amide bonds. The summed E-state index contributed by atoms with van der Waals surface area (Å²) in [5.41, 5.74) is 2.57. The van der Waals surface area contributed by atoms with E-state index in [1.807, 2.05) is 0 Å². The molecule has 0 spiro atoms. The first-order chi connectivity index (χ1) is 9.33. The van der Waals surface area contributed by atoms with Crippen molar-refractivity contribution < 1.29 is 0 Å². The Balaban J connectivity index is 1.96. The Labute approximate surface area is 117 Å². The molecule has 0 bridgehead atoms. The summed E-state index contributed by atoms with van der Waals surface area (Å²) in [7, 11) is 0. The number of rotatable bonds is 6. The highest BCUT2D eigenvalue weighted by molar-refractivity contribution is 5.29. The molecule has 1 atom stereocenters. The molecule has 2 rings (SSSR count). The molecule has 0 aromatic heterocycles. The molecule has 1 saturated heterocycles. The fourth-order valence-electron chi connectivity index (χ4n) is 2.74. The van der Waals surface area contributed by atoms with Gasteiger partial charge in [0.1, 0.15) is 0 Å². The van der Waals surface area contributed by atoms with E-state index in [0.717, 1.165) is 26.1 Å². The predicted octanol–water partition coefficient (Wildman–Crippen LogP) is 3.73. The second-order valence-corrected chi connectivity index (χ2v) is 5.53. The van der Waals surface area contributed by atoms with Crippen molar-refractivity contribution in [2.24, 2.45) is 0 Å². The second kappa shape index (κ2) is 7.31. The van der Waals surface area contributed by atoms with E-state index >= 15 is 0 Å². The Morgan fingerprint density at radius 2 is 1.89 bits per heavy atom. The highest BCUT2D eigenvalue weighted by Crippen LogP contribution is 2.20. The maximum absolute atomic E-state index is 9.37. The fraction of sp³-hybridized carbons (Fsp3) is 0.588.